The van der Waals surface area contributed by atoms with Gasteiger partial charge in [0.2, 0.25) is 0 Å². The monoisotopic (exact) mass is 264 g/mol. The Morgan fingerprint density at radius 2 is 2.20 bits per heavy atom. The summed E-state index contributed by atoms with van der Waals surface area (Å²) in [6.45, 7) is 0. The van der Waals surface area contributed by atoms with Crippen molar-refractivity contribution in [2.75, 3.05) is 0 Å². The van der Waals surface area contributed by atoms with Crippen molar-refractivity contribution < 1.29 is 8.13 Å². The molecular formula is C6H3AsBrFO. The van der Waals surface area contributed by atoms with Gasteiger partial charge in [0.1, 0.15) is 0 Å². The van der Waals surface area contributed by atoms with Gasteiger partial charge in [0, 0.05) is 0 Å². The molecule has 10 heavy (non-hydrogen) atoms. The van der Waals surface area contributed by atoms with Crippen LogP contribution in [-0.4, -0.2) is 15.7 Å². The minimum absolute atomic E-state index is 0.297. The van der Waals surface area contributed by atoms with Crippen LogP contribution in [0.1, 0.15) is 0 Å². The Hall–Kier alpha value is -0.0116. The first-order valence-electron chi connectivity index (χ1n) is 2.53. The third kappa shape index (κ3) is 1.53. The molecule has 0 fully saturated rings. The molecule has 0 saturated carbocycles. The number of rotatable bonds is 1. The van der Waals surface area contributed by atoms with Crippen molar-refractivity contribution in [1.82, 2.24) is 0 Å². The molecule has 0 aromatic heterocycles. The van der Waals surface area contributed by atoms with Crippen molar-refractivity contribution in [3.8, 4) is 0 Å². The van der Waals surface area contributed by atoms with Crippen LogP contribution in [0, 0.1) is 5.82 Å². The van der Waals surface area contributed by atoms with Gasteiger partial charge in [-0.1, -0.05) is 0 Å². The fourth-order valence-electron chi connectivity index (χ4n) is 0.563. The summed E-state index contributed by atoms with van der Waals surface area (Å²) in [6, 6.07) is 4.76. The predicted octanol–water partition coefficient (Wildman–Crippen LogP) is 1.26. The average Bonchev–Trinajstić information content (AvgIpc) is 1.95. The average molecular weight is 265 g/mol. The fraction of sp³-hybridized carbons (Fsp3) is 0. The van der Waals surface area contributed by atoms with E-state index in [4.69, 9.17) is 0 Å². The molecule has 0 atom stereocenters. The topological polar surface area (TPSA) is 17.1 Å². The van der Waals surface area contributed by atoms with E-state index in [2.05, 4.69) is 15.9 Å². The van der Waals surface area contributed by atoms with Crippen molar-refractivity contribution in [2.24, 2.45) is 0 Å². The van der Waals surface area contributed by atoms with Gasteiger partial charge in [-0.05, 0) is 0 Å². The summed E-state index contributed by atoms with van der Waals surface area (Å²) in [5.74, 6) is -0.405. The molecule has 1 nitrogen and oxygen atoms in total. The molecule has 1 aromatic carbocycles. The molecule has 0 saturated heterocycles. The van der Waals surface area contributed by atoms with Gasteiger partial charge in [-0.2, -0.15) is 0 Å². The molecule has 0 unspecified atom stereocenters. The Balaban J connectivity index is 3.27. The molecule has 0 aliphatic rings. The Bertz CT molecular complexity index is 264. The summed E-state index contributed by atoms with van der Waals surface area (Å²) >= 11 is 1.73. The zero-order valence-electron chi connectivity index (χ0n) is 4.84. The van der Waals surface area contributed by atoms with Gasteiger partial charge in [-0.3, -0.25) is 0 Å². The SMILES string of the molecule is O=[As]c1cccc(Br)c1F. The van der Waals surface area contributed by atoms with E-state index < -0.39 is 21.5 Å². The van der Waals surface area contributed by atoms with Crippen LogP contribution in [0.5, 0.6) is 0 Å². The summed E-state index contributed by atoms with van der Waals surface area (Å²) in [4.78, 5) is 0. The van der Waals surface area contributed by atoms with Gasteiger partial charge in [-0.25, -0.2) is 0 Å². The van der Waals surface area contributed by atoms with Gasteiger partial charge in [0.05, 0.1) is 0 Å². The first-order valence-corrected chi connectivity index (χ1v) is 5.03. The van der Waals surface area contributed by atoms with Crippen LogP contribution in [0.25, 0.3) is 0 Å². The van der Waals surface area contributed by atoms with Crippen LogP contribution >= 0.6 is 15.9 Å². The second-order valence-electron chi connectivity index (χ2n) is 1.66. The molecule has 0 amide bonds. The van der Waals surface area contributed by atoms with Gasteiger partial charge < -0.3 is 0 Å². The van der Waals surface area contributed by atoms with E-state index in [0.717, 1.165) is 0 Å². The maximum atomic E-state index is 12.8. The molecule has 0 radical (unpaired) electrons. The van der Waals surface area contributed by atoms with Crippen LogP contribution in [0.4, 0.5) is 4.39 Å². The van der Waals surface area contributed by atoms with E-state index in [1.807, 2.05) is 0 Å². The number of halogens is 2. The third-order valence-corrected chi connectivity index (χ3v) is 2.78. The summed E-state index contributed by atoms with van der Waals surface area (Å²) in [7, 11) is 0. The van der Waals surface area contributed by atoms with Gasteiger partial charge in [0.25, 0.3) is 0 Å². The molecule has 0 heterocycles. The maximum absolute atomic E-state index is 12.8. The normalized spacial score (nSPS) is 10.2. The van der Waals surface area contributed by atoms with Gasteiger partial charge >= 0.3 is 72.6 Å². The van der Waals surface area contributed by atoms with E-state index in [0.29, 0.717) is 8.82 Å². The zero-order chi connectivity index (χ0) is 7.56. The first kappa shape index (κ1) is 8.09. The van der Waals surface area contributed by atoms with Crippen LogP contribution < -0.4 is 4.35 Å². The van der Waals surface area contributed by atoms with Crippen molar-refractivity contribution in [3.05, 3.63) is 28.5 Å². The number of hydrogen-bond donors (Lipinski definition) is 0. The second-order valence-corrected chi connectivity index (χ2v) is 3.91. The van der Waals surface area contributed by atoms with Crippen molar-refractivity contribution in [1.29, 1.82) is 0 Å². The molecule has 4 heteroatoms. The van der Waals surface area contributed by atoms with Crippen molar-refractivity contribution in [3.63, 3.8) is 0 Å². The Labute approximate surface area is 72.7 Å². The van der Waals surface area contributed by atoms with Crippen LogP contribution in [0.3, 0.4) is 0 Å². The van der Waals surface area contributed by atoms with E-state index in [9.17, 15) is 8.13 Å². The quantitative estimate of drug-likeness (QED) is 0.698. The van der Waals surface area contributed by atoms with Gasteiger partial charge in [-0.15, -0.1) is 0 Å². The molecule has 1 rings (SSSR count). The van der Waals surface area contributed by atoms with E-state index in [-0.39, 0.29) is 0 Å². The van der Waals surface area contributed by atoms with E-state index >= 15 is 0 Å². The third-order valence-electron chi connectivity index (χ3n) is 1.03. The molecule has 0 N–H and O–H groups in total. The van der Waals surface area contributed by atoms with E-state index in [1.54, 1.807) is 12.1 Å². The second kappa shape index (κ2) is 3.40. The van der Waals surface area contributed by atoms with Crippen LogP contribution in [0.2, 0.25) is 0 Å². The molecular weight excluding hydrogens is 262 g/mol. The Kier molecular flexibility index (Phi) is 2.75. The Morgan fingerprint density at radius 3 is 2.70 bits per heavy atom. The standard InChI is InChI=1S/C6H3AsBrFO/c8-5-3-1-2-4(7-10)6(5)9/h1-3H. The zero-order valence-corrected chi connectivity index (χ0v) is 8.31. The van der Waals surface area contributed by atoms with Gasteiger partial charge in [0.15, 0.2) is 0 Å². The summed E-state index contributed by atoms with van der Waals surface area (Å²) in [5.41, 5.74) is 0. The first-order chi connectivity index (χ1) is 4.75. The summed E-state index contributed by atoms with van der Waals surface area (Å²) in [5, 5.41) is 0. The fourth-order valence-corrected chi connectivity index (χ4v) is 1.99. The Morgan fingerprint density at radius 1 is 1.50 bits per heavy atom. The number of benzene rings is 1. The van der Waals surface area contributed by atoms with Crippen molar-refractivity contribution >= 4 is 36.0 Å². The number of hydrogen-bond acceptors (Lipinski definition) is 1. The summed E-state index contributed by atoms with van der Waals surface area (Å²) in [6.07, 6.45) is 0. The van der Waals surface area contributed by atoms with Crippen LogP contribution in [-0.2, 0) is 3.74 Å². The van der Waals surface area contributed by atoms with Crippen molar-refractivity contribution in [2.45, 2.75) is 0 Å². The molecule has 0 aliphatic carbocycles. The van der Waals surface area contributed by atoms with Crippen LogP contribution in [0.15, 0.2) is 22.7 Å². The molecule has 0 aliphatic heterocycles. The minimum atomic E-state index is -1.25. The summed E-state index contributed by atoms with van der Waals surface area (Å²) < 4.78 is 23.8. The molecule has 52 valence electrons. The molecule has 0 bridgehead atoms. The molecule has 1 aromatic rings. The molecule has 0 spiro atoms. The van der Waals surface area contributed by atoms with E-state index in [1.165, 1.54) is 6.07 Å². The predicted molar refractivity (Wildman–Crippen MR) is 40.2 cm³/mol.